The van der Waals surface area contributed by atoms with Gasteiger partial charge in [-0.3, -0.25) is 9.59 Å². The van der Waals surface area contributed by atoms with Gasteiger partial charge in [0.2, 0.25) is 0 Å². The highest BCUT2D eigenvalue weighted by Gasteiger charge is 2.39. The van der Waals surface area contributed by atoms with Crippen molar-refractivity contribution in [2.75, 3.05) is 11.9 Å². The van der Waals surface area contributed by atoms with Gasteiger partial charge in [-0.2, -0.15) is 0 Å². The fourth-order valence-corrected chi connectivity index (χ4v) is 5.37. The number of Topliss-reactive ketones (excluding diaryl/α,β-unsaturated/α-hetero) is 1. The second kappa shape index (κ2) is 10.9. The Morgan fingerprint density at radius 3 is 2.24 bits per heavy atom. The van der Waals surface area contributed by atoms with Crippen molar-refractivity contribution >= 4 is 36.7 Å². The van der Waals surface area contributed by atoms with Crippen LogP contribution < -0.4 is 11.1 Å². The first-order chi connectivity index (χ1) is 18.0. The molecule has 3 aromatic carbocycles. The minimum absolute atomic E-state index is 0.0115. The van der Waals surface area contributed by atoms with Crippen molar-refractivity contribution < 1.29 is 14.0 Å². The van der Waals surface area contributed by atoms with Crippen LogP contribution in [0.4, 0.5) is 5.69 Å². The lowest BCUT2D eigenvalue weighted by Crippen LogP contribution is -2.42. The highest BCUT2D eigenvalue weighted by Crippen LogP contribution is 2.40. The third kappa shape index (κ3) is 6.03. The standard InChI is InChI=1S/C30H36N4O3Si/c1-30(2,3)38(4,5)37-27(22-14-10-7-11-15-22)20-34-25-17-16-23(18-24(25)33-29(34)28(31)36)32-19-26(35)21-12-8-6-9-13-21/h6-18,27,32H,19-20H2,1-5H3,(H2,31,36)/t27-/m0/s1. The van der Waals surface area contributed by atoms with Crippen LogP contribution in [-0.4, -0.2) is 36.1 Å². The smallest absolute Gasteiger partial charge is 0.284 e. The van der Waals surface area contributed by atoms with Crippen LogP contribution in [0, 0.1) is 0 Å². The summed E-state index contributed by atoms with van der Waals surface area (Å²) in [6.07, 6.45) is -0.283. The van der Waals surface area contributed by atoms with Crippen molar-refractivity contribution in [2.24, 2.45) is 5.73 Å². The molecule has 4 rings (SSSR count). The van der Waals surface area contributed by atoms with Crippen LogP contribution in [0.5, 0.6) is 0 Å². The molecule has 0 bridgehead atoms. The summed E-state index contributed by atoms with van der Waals surface area (Å²) in [5, 5.41) is 3.19. The molecule has 8 heteroatoms. The lowest BCUT2D eigenvalue weighted by molar-refractivity contribution is 0.0978. The SMILES string of the molecule is CC(C)(C)[Si](C)(C)O[C@@H](Cn1c(C(N)=O)nc2cc(NCC(=O)c3ccccc3)ccc21)c1ccccc1. The quantitative estimate of drug-likeness (QED) is 0.189. The van der Waals surface area contributed by atoms with Gasteiger partial charge in [0.1, 0.15) is 0 Å². The normalized spacial score (nSPS) is 12.9. The molecule has 1 amide bonds. The highest BCUT2D eigenvalue weighted by molar-refractivity contribution is 6.74. The zero-order chi connectivity index (χ0) is 27.5. The highest BCUT2D eigenvalue weighted by atomic mass is 28.4. The molecule has 0 saturated carbocycles. The number of carbonyl (C=O) groups excluding carboxylic acids is 2. The molecule has 38 heavy (non-hydrogen) atoms. The first-order valence-electron chi connectivity index (χ1n) is 12.8. The molecule has 4 aromatic rings. The van der Waals surface area contributed by atoms with Crippen LogP contribution in [0.25, 0.3) is 11.0 Å². The number of primary amides is 1. The number of aromatic nitrogens is 2. The van der Waals surface area contributed by atoms with Crippen molar-refractivity contribution in [2.45, 2.75) is 51.6 Å². The Kier molecular flexibility index (Phi) is 7.85. The Morgan fingerprint density at radius 1 is 1.00 bits per heavy atom. The largest absolute Gasteiger partial charge is 0.408 e. The molecule has 198 valence electrons. The Labute approximate surface area is 225 Å². The van der Waals surface area contributed by atoms with E-state index in [-0.39, 0.29) is 29.3 Å². The molecular weight excluding hydrogens is 492 g/mol. The van der Waals surface area contributed by atoms with Gasteiger partial charge in [-0.15, -0.1) is 0 Å². The van der Waals surface area contributed by atoms with E-state index >= 15 is 0 Å². The molecule has 0 fully saturated rings. The summed E-state index contributed by atoms with van der Waals surface area (Å²) in [5.74, 6) is -0.436. The molecule has 0 aliphatic carbocycles. The Balaban J connectivity index is 1.65. The summed E-state index contributed by atoms with van der Waals surface area (Å²) in [7, 11) is -2.15. The molecule has 1 aromatic heterocycles. The zero-order valence-electron chi connectivity index (χ0n) is 22.7. The number of fused-ring (bicyclic) bond motifs is 1. The molecule has 0 aliphatic heterocycles. The number of carbonyl (C=O) groups is 2. The van der Waals surface area contributed by atoms with E-state index in [4.69, 9.17) is 10.2 Å². The van der Waals surface area contributed by atoms with Gasteiger partial charge in [0.15, 0.2) is 19.9 Å². The maximum atomic E-state index is 12.5. The molecule has 0 saturated heterocycles. The predicted octanol–water partition coefficient (Wildman–Crippen LogP) is 6.19. The van der Waals surface area contributed by atoms with E-state index in [1.54, 1.807) is 12.1 Å². The molecule has 0 unspecified atom stereocenters. The number of imidazole rings is 1. The third-order valence-electron chi connectivity index (χ3n) is 7.28. The Morgan fingerprint density at radius 2 is 1.63 bits per heavy atom. The van der Waals surface area contributed by atoms with Crippen LogP contribution in [-0.2, 0) is 11.0 Å². The van der Waals surface area contributed by atoms with E-state index in [9.17, 15) is 9.59 Å². The fraction of sp³-hybridized carbons (Fsp3) is 0.300. The van der Waals surface area contributed by atoms with Crippen LogP contribution in [0.15, 0.2) is 78.9 Å². The fourth-order valence-electron chi connectivity index (χ4n) is 4.10. The number of nitrogens with two attached hydrogens (primary N) is 1. The van der Waals surface area contributed by atoms with E-state index in [1.165, 1.54) is 0 Å². The Hall–Kier alpha value is -3.75. The van der Waals surface area contributed by atoms with Crippen molar-refractivity contribution in [3.05, 3.63) is 95.8 Å². The van der Waals surface area contributed by atoms with E-state index in [2.05, 4.69) is 44.2 Å². The molecule has 1 atom stereocenters. The number of rotatable bonds is 10. The molecule has 3 N–H and O–H groups in total. The zero-order valence-corrected chi connectivity index (χ0v) is 23.7. The summed E-state index contributed by atoms with van der Waals surface area (Å²) in [6.45, 7) is 11.6. The lowest BCUT2D eigenvalue weighted by Gasteiger charge is -2.39. The average Bonchev–Trinajstić information content (AvgIpc) is 3.25. The topological polar surface area (TPSA) is 99.2 Å². The minimum atomic E-state index is -2.15. The first kappa shape index (κ1) is 27.3. The second-order valence-corrected chi connectivity index (χ2v) is 15.8. The van der Waals surface area contributed by atoms with Gasteiger partial charge in [-0.25, -0.2) is 4.98 Å². The first-order valence-corrected chi connectivity index (χ1v) is 15.7. The van der Waals surface area contributed by atoms with E-state index < -0.39 is 14.2 Å². The average molecular weight is 529 g/mol. The molecule has 1 heterocycles. The van der Waals surface area contributed by atoms with Gasteiger partial charge < -0.3 is 20.0 Å². The lowest BCUT2D eigenvalue weighted by atomic mass is 10.1. The van der Waals surface area contributed by atoms with E-state index in [0.29, 0.717) is 17.6 Å². The second-order valence-electron chi connectivity index (χ2n) is 11.0. The number of hydrogen-bond donors (Lipinski definition) is 2. The molecule has 0 spiro atoms. The Bertz CT molecular complexity index is 1430. The maximum absolute atomic E-state index is 12.5. The van der Waals surface area contributed by atoms with Gasteiger partial charge in [0, 0.05) is 11.3 Å². The molecule has 7 nitrogen and oxygen atoms in total. The number of nitrogens with zero attached hydrogens (tertiary/aromatic N) is 2. The number of amides is 1. The minimum Gasteiger partial charge on any atom is -0.408 e. The number of hydrogen-bond acceptors (Lipinski definition) is 5. The van der Waals surface area contributed by atoms with Gasteiger partial charge in [0.25, 0.3) is 5.91 Å². The number of anilines is 1. The van der Waals surface area contributed by atoms with Crippen molar-refractivity contribution in [1.82, 2.24) is 9.55 Å². The van der Waals surface area contributed by atoms with E-state index in [1.807, 2.05) is 71.3 Å². The summed E-state index contributed by atoms with van der Waals surface area (Å²) < 4.78 is 8.71. The van der Waals surface area contributed by atoms with Crippen LogP contribution in [0.1, 0.15) is 53.4 Å². The number of ketones is 1. The van der Waals surface area contributed by atoms with Gasteiger partial charge in [-0.05, 0) is 41.9 Å². The van der Waals surface area contributed by atoms with Gasteiger partial charge in [0.05, 0.1) is 30.2 Å². The van der Waals surface area contributed by atoms with Crippen molar-refractivity contribution in [1.29, 1.82) is 0 Å². The van der Waals surface area contributed by atoms with Gasteiger partial charge in [-0.1, -0.05) is 81.4 Å². The summed E-state index contributed by atoms with van der Waals surface area (Å²) in [6, 6.07) is 24.8. The van der Waals surface area contributed by atoms with E-state index in [0.717, 1.165) is 16.8 Å². The van der Waals surface area contributed by atoms with Crippen LogP contribution in [0.3, 0.4) is 0 Å². The molecule has 0 aliphatic rings. The summed E-state index contributed by atoms with van der Waals surface area (Å²) in [4.78, 5) is 29.5. The van der Waals surface area contributed by atoms with Crippen molar-refractivity contribution in [3.8, 4) is 0 Å². The summed E-state index contributed by atoms with van der Waals surface area (Å²) in [5.41, 5.74) is 9.59. The summed E-state index contributed by atoms with van der Waals surface area (Å²) >= 11 is 0. The maximum Gasteiger partial charge on any atom is 0.284 e. The molecular formula is C30H36N4O3Si. The number of benzene rings is 3. The van der Waals surface area contributed by atoms with Crippen LogP contribution in [0.2, 0.25) is 18.1 Å². The van der Waals surface area contributed by atoms with Gasteiger partial charge >= 0.3 is 0 Å². The predicted molar refractivity (Wildman–Crippen MR) is 155 cm³/mol. The molecule has 0 radical (unpaired) electrons. The van der Waals surface area contributed by atoms with Crippen molar-refractivity contribution in [3.63, 3.8) is 0 Å². The monoisotopic (exact) mass is 528 g/mol. The van der Waals surface area contributed by atoms with Crippen LogP contribution >= 0.6 is 0 Å². The third-order valence-corrected chi connectivity index (χ3v) is 11.8. The number of nitrogens with one attached hydrogen (secondary N) is 1.